The smallest absolute Gasteiger partial charge is 0.0603 e. The Bertz CT molecular complexity index is 586. The van der Waals surface area contributed by atoms with Gasteiger partial charge in [-0.25, -0.2) is 0 Å². The standard InChI is InChI=1S/C15H16ClIN2/c1-10(12-5-3-4-6-13(12)16)19(2)15-8-7-11(17)9-14(15)18/h3-10H,18H2,1-2H3. The molecule has 0 fully saturated rings. The minimum Gasteiger partial charge on any atom is -0.397 e. The fraction of sp³-hybridized carbons (Fsp3) is 0.200. The van der Waals surface area contributed by atoms with E-state index in [9.17, 15) is 0 Å². The van der Waals surface area contributed by atoms with Crippen LogP contribution in [-0.4, -0.2) is 7.05 Å². The summed E-state index contributed by atoms with van der Waals surface area (Å²) in [6, 6.07) is 14.2. The van der Waals surface area contributed by atoms with E-state index in [1.54, 1.807) is 0 Å². The molecule has 100 valence electrons. The van der Waals surface area contributed by atoms with Gasteiger partial charge in [-0.15, -0.1) is 0 Å². The van der Waals surface area contributed by atoms with Crippen LogP contribution in [0.2, 0.25) is 5.02 Å². The van der Waals surface area contributed by atoms with Crippen LogP contribution < -0.4 is 10.6 Å². The van der Waals surface area contributed by atoms with Crippen molar-refractivity contribution in [1.82, 2.24) is 0 Å². The first-order valence-corrected chi connectivity index (χ1v) is 7.48. The molecule has 2 aromatic carbocycles. The van der Waals surface area contributed by atoms with Gasteiger partial charge in [0.15, 0.2) is 0 Å². The zero-order chi connectivity index (χ0) is 14.0. The average molecular weight is 387 g/mol. The number of benzene rings is 2. The van der Waals surface area contributed by atoms with Gasteiger partial charge in [0.2, 0.25) is 0 Å². The Morgan fingerprint density at radius 2 is 1.89 bits per heavy atom. The highest BCUT2D eigenvalue weighted by atomic mass is 127. The number of nitrogens with zero attached hydrogens (tertiary/aromatic N) is 1. The topological polar surface area (TPSA) is 29.3 Å². The number of hydrogen-bond donors (Lipinski definition) is 1. The predicted molar refractivity (Wildman–Crippen MR) is 91.8 cm³/mol. The lowest BCUT2D eigenvalue weighted by Crippen LogP contribution is -2.22. The van der Waals surface area contributed by atoms with Crippen molar-refractivity contribution < 1.29 is 0 Å². The first-order chi connectivity index (χ1) is 9.00. The van der Waals surface area contributed by atoms with Crippen LogP contribution in [0.4, 0.5) is 11.4 Å². The molecule has 0 aromatic heterocycles. The molecule has 0 aliphatic carbocycles. The molecule has 1 unspecified atom stereocenters. The molecule has 0 bridgehead atoms. The van der Waals surface area contributed by atoms with Crippen molar-refractivity contribution in [2.24, 2.45) is 0 Å². The van der Waals surface area contributed by atoms with E-state index in [1.165, 1.54) is 0 Å². The molecule has 19 heavy (non-hydrogen) atoms. The molecule has 0 radical (unpaired) electrons. The quantitative estimate of drug-likeness (QED) is 0.611. The molecular formula is C15H16ClIN2. The summed E-state index contributed by atoms with van der Waals surface area (Å²) in [7, 11) is 2.03. The van der Waals surface area contributed by atoms with E-state index in [-0.39, 0.29) is 6.04 Å². The third-order valence-electron chi connectivity index (χ3n) is 3.31. The molecule has 0 saturated carbocycles. The fourth-order valence-corrected chi connectivity index (χ4v) is 2.89. The summed E-state index contributed by atoms with van der Waals surface area (Å²) in [4.78, 5) is 2.15. The van der Waals surface area contributed by atoms with Crippen molar-refractivity contribution in [2.75, 3.05) is 17.7 Å². The summed E-state index contributed by atoms with van der Waals surface area (Å²) in [5, 5.41) is 0.783. The fourth-order valence-electron chi connectivity index (χ4n) is 2.08. The van der Waals surface area contributed by atoms with Crippen molar-refractivity contribution in [2.45, 2.75) is 13.0 Å². The Morgan fingerprint density at radius 1 is 1.21 bits per heavy atom. The highest BCUT2D eigenvalue weighted by Gasteiger charge is 2.16. The average Bonchev–Trinajstić information content (AvgIpc) is 2.38. The molecule has 1 atom stereocenters. The van der Waals surface area contributed by atoms with Gasteiger partial charge in [0.25, 0.3) is 0 Å². The van der Waals surface area contributed by atoms with Gasteiger partial charge in [-0.1, -0.05) is 29.8 Å². The van der Waals surface area contributed by atoms with Gasteiger partial charge in [-0.2, -0.15) is 0 Å². The zero-order valence-corrected chi connectivity index (χ0v) is 13.8. The lowest BCUT2D eigenvalue weighted by Gasteiger charge is -2.29. The van der Waals surface area contributed by atoms with Crippen molar-refractivity contribution in [3.8, 4) is 0 Å². The summed E-state index contributed by atoms with van der Waals surface area (Å²) in [6.07, 6.45) is 0. The first-order valence-electron chi connectivity index (χ1n) is 6.03. The molecule has 0 aliphatic heterocycles. The van der Waals surface area contributed by atoms with Crippen molar-refractivity contribution in [3.63, 3.8) is 0 Å². The van der Waals surface area contributed by atoms with Crippen LogP contribution in [0, 0.1) is 3.57 Å². The van der Waals surface area contributed by atoms with Crippen molar-refractivity contribution >= 4 is 45.6 Å². The molecule has 2 aromatic rings. The van der Waals surface area contributed by atoms with E-state index >= 15 is 0 Å². The maximum Gasteiger partial charge on any atom is 0.0603 e. The molecule has 2 N–H and O–H groups in total. The van der Waals surface area contributed by atoms with E-state index in [0.29, 0.717) is 0 Å². The number of rotatable bonds is 3. The monoisotopic (exact) mass is 386 g/mol. The van der Waals surface area contributed by atoms with Gasteiger partial charge >= 0.3 is 0 Å². The predicted octanol–water partition coefficient (Wildman–Crippen LogP) is 4.72. The second kappa shape index (κ2) is 6.01. The lowest BCUT2D eigenvalue weighted by molar-refractivity contribution is 0.741. The van der Waals surface area contributed by atoms with E-state index in [2.05, 4.69) is 40.5 Å². The molecule has 0 aliphatic rings. The minimum atomic E-state index is 0.163. The molecule has 2 nitrogen and oxygen atoms in total. The Morgan fingerprint density at radius 3 is 2.53 bits per heavy atom. The summed E-state index contributed by atoms with van der Waals surface area (Å²) in [6.45, 7) is 2.12. The highest BCUT2D eigenvalue weighted by molar-refractivity contribution is 14.1. The molecule has 0 spiro atoms. The lowest BCUT2D eigenvalue weighted by atomic mass is 10.1. The molecule has 0 saturated heterocycles. The van der Waals surface area contributed by atoms with Crippen LogP contribution in [0.25, 0.3) is 0 Å². The van der Waals surface area contributed by atoms with Gasteiger partial charge in [-0.3, -0.25) is 0 Å². The second-order valence-corrected chi connectivity index (χ2v) is 6.16. The maximum absolute atomic E-state index is 6.26. The number of halogens is 2. The molecule has 0 amide bonds. The Kier molecular flexibility index (Phi) is 4.58. The Labute approximate surface area is 132 Å². The molecule has 2 rings (SSSR count). The highest BCUT2D eigenvalue weighted by Crippen LogP contribution is 2.33. The van der Waals surface area contributed by atoms with Crippen LogP contribution >= 0.6 is 34.2 Å². The van der Waals surface area contributed by atoms with Crippen molar-refractivity contribution in [1.29, 1.82) is 0 Å². The third kappa shape index (κ3) is 3.15. The molecule has 0 heterocycles. The van der Waals surface area contributed by atoms with Crippen LogP contribution in [0.5, 0.6) is 0 Å². The number of hydrogen-bond acceptors (Lipinski definition) is 2. The van der Waals surface area contributed by atoms with Gasteiger partial charge in [0.05, 0.1) is 17.4 Å². The van der Waals surface area contributed by atoms with E-state index < -0.39 is 0 Å². The number of nitrogens with two attached hydrogens (primary N) is 1. The third-order valence-corrected chi connectivity index (χ3v) is 4.32. The summed E-state index contributed by atoms with van der Waals surface area (Å²) in [5.74, 6) is 0. The zero-order valence-electron chi connectivity index (χ0n) is 10.9. The van der Waals surface area contributed by atoms with E-state index in [0.717, 1.165) is 25.5 Å². The van der Waals surface area contributed by atoms with E-state index in [1.807, 2.05) is 43.4 Å². The Balaban J connectivity index is 2.33. The van der Waals surface area contributed by atoms with Crippen LogP contribution in [-0.2, 0) is 0 Å². The SMILES string of the molecule is CC(c1ccccc1Cl)N(C)c1ccc(I)cc1N. The van der Waals surface area contributed by atoms with Crippen molar-refractivity contribution in [3.05, 3.63) is 56.6 Å². The van der Waals surface area contributed by atoms with Gasteiger partial charge in [-0.05, 0) is 59.3 Å². The molecular weight excluding hydrogens is 371 g/mol. The van der Waals surface area contributed by atoms with Crippen LogP contribution in [0.3, 0.4) is 0 Å². The van der Waals surface area contributed by atoms with Crippen LogP contribution in [0.15, 0.2) is 42.5 Å². The van der Waals surface area contributed by atoms with Gasteiger partial charge in [0, 0.05) is 15.6 Å². The van der Waals surface area contributed by atoms with Crippen LogP contribution in [0.1, 0.15) is 18.5 Å². The van der Waals surface area contributed by atoms with E-state index in [4.69, 9.17) is 17.3 Å². The minimum absolute atomic E-state index is 0.163. The largest absolute Gasteiger partial charge is 0.397 e. The number of nitrogen functional groups attached to an aromatic ring is 1. The Hall–Kier alpha value is -0.940. The molecule has 4 heteroatoms. The first kappa shape index (κ1) is 14.5. The summed E-state index contributed by atoms with van der Waals surface area (Å²) >= 11 is 8.52. The summed E-state index contributed by atoms with van der Waals surface area (Å²) in [5.41, 5.74) is 9.00. The normalized spacial score (nSPS) is 12.2. The number of anilines is 2. The van der Waals surface area contributed by atoms with Gasteiger partial charge < -0.3 is 10.6 Å². The maximum atomic E-state index is 6.26. The second-order valence-electron chi connectivity index (χ2n) is 4.51. The van der Waals surface area contributed by atoms with Gasteiger partial charge in [0.1, 0.15) is 0 Å². The summed E-state index contributed by atoms with van der Waals surface area (Å²) < 4.78 is 1.14.